The third-order valence-electron chi connectivity index (χ3n) is 2.69. The molecular weight excluding hydrogens is 280 g/mol. The molecule has 0 atom stereocenters. The molecule has 0 saturated carbocycles. The Kier molecular flexibility index (Phi) is 4.00. The van der Waals surface area contributed by atoms with Gasteiger partial charge in [-0.05, 0) is 47.0 Å². The van der Waals surface area contributed by atoms with E-state index in [9.17, 15) is 8.42 Å². The molecule has 1 heterocycles. The molecule has 0 bridgehead atoms. The van der Waals surface area contributed by atoms with Crippen LogP contribution in [0.25, 0.3) is 0 Å². The zero-order valence-electron chi connectivity index (χ0n) is 10.3. The van der Waals surface area contributed by atoms with Crippen LogP contribution in [0.1, 0.15) is 16.7 Å². The molecule has 0 aliphatic rings. The standard InChI is InChI=1S/C13H12N2O2S2/c1-10-8-18-9-12(10)7-15-19(16,17)13-4-2-3-11(5-13)6-14/h2-5,8-9,15H,7H2,1H3. The van der Waals surface area contributed by atoms with Gasteiger partial charge in [0.2, 0.25) is 10.0 Å². The first-order chi connectivity index (χ1) is 9.03. The van der Waals surface area contributed by atoms with Gasteiger partial charge < -0.3 is 0 Å². The van der Waals surface area contributed by atoms with Crippen molar-refractivity contribution in [3.8, 4) is 6.07 Å². The molecule has 0 fully saturated rings. The summed E-state index contributed by atoms with van der Waals surface area (Å²) in [5, 5.41) is 12.7. The Hall–Kier alpha value is -1.68. The summed E-state index contributed by atoms with van der Waals surface area (Å²) in [4.78, 5) is 0.111. The lowest BCUT2D eigenvalue weighted by Crippen LogP contribution is -2.23. The van der Waals surface area contributed by atoms with Crippen LogP contribution in [0.3, 0.4) is 0 Å². The smallest absolute Gasteiger partial charge is 0.207 e. The lowest BCUT2D eigenvalue weighted by molar-refractivity contribution is 0.581. The first-order valence-corrected chi connectivity index (χ1v) is 7.97. The Labute approximate surface area is 116 Å². The second-order valence-electron chi connectivity index (χ2n) is 4.04. The molecule has 1 N–H and O–H groups in total. The lowest BCUT2D eigenvalue weighted by Gasteiger charge is -2.06. The van der Waals surface area contributed by atoms with Crippen molar-refractivity contribution in [3.05, 3.63) is 51.7 Å². The molecule has 6 heteroatoms. The van der Waals surface area contributed by atoms with Gasteiger partial charge in [0.25, 0.3) is 0 Å². The van der Waals surface area contributed by atoms with E-state index in [2.05, 4.69) is 4.72 Å². The summed E-state index contributed by atoms with van der Waals surface area (Å²) < 4.78 is 26.7. The zero-order valence-corrected chi connectivity index (χ0v) is 11.9. The molecule has 0 amide bonds. The van der Waals surface area contributed by atoms with Crippen molar-refractivity contribution < 1.29 is 8.42 Å². The molecule has 0 aliphatic heterocycles. The summed E-state index contributed by atoms with van der Waals surface area (Å²) in [5.74, 6) is 0. The lowest BCUT2D eigenvalue weighted by atomic mass is 10.2. The van der Waals surface area contributed by atoms with Crippen LogP contribution in [0.5, 0.6) is 0 Å². The van der Waals surface area contributed by atoms with E-state index in [0.717, 1.165) is 11.1 Å². The second kappa shape index (κ2) is 5.53. The van der Waals surface area contributed by atoms with Gasteiger partial charge in [-0.3, -0.25) is 0 Å². The predicted molar refractivity (Wildman–Crippen MR) is 74.2 cm³/mol. The first-order valence-electron chi connectivity index (χ1n) is 5.54. The fraction of sp³-hybridized carbons (Fsp3) is 0.154. The van der Waals surface area contributed by atoms with Crippen LogP contribution >= 0.6 is 11.3 Å². The van der Waals surface area contributed by atoms with Crippen molar-refractivity contribution in [2.24, 2.45) is 0 Å². The molecule has 2 rings (SSSR count). The van der Waals surface area contributed by atoms with Gasteiger partial charge in [0.05, 0.1) is 16.5 Å². The summed E-state index contributed by atoms with van der Waals surface area (Å²) in [5.41, 5.74) is 2.36. The number of nitrogens with one attached hydrogen (secondary N) is 1. The zero-order chi connectivity index (χ0) is 13.9. The molecule has 0 unspecified atom stereocenters. The topological polar surface area (TPSA) is 70.0 Å². The Balaban J connectivity index is 2.19. The quantitative estimate of drug-likeness (QED) is 0.940. The third-order valence-corrected chi connectivity index (χ3v) is 5.00. The molecule has 98 valence electrons. The minimum absolute atomic E-state index is 0.111. The molecule has 0 saturated heterocycles. The van der Waals surface area contributed by atoms with Crippen molar-refractivity contribution in [1.82, 2.24) is 4.72 Å². The minimum atomic E-state index is -3.58. The highest BCUT2D eigenvalue weighted by Crippen LogP contribution is 2.15. The van der Waals surface area contributed by atoms with E-state index >= 15 is 0 Å². The molecule has 0 aliphatic carbocycles. The molecule has 4 nitrogen and oxygen atoms in total. The Morgan fingerprint density at radius 2 is 2.16 bits per heavy atom. The number of hydrogen-bond donors (Lipinski definition) is 1. The molecule has 1 aromatic heterocycles. The van der Waals surface area contributed by atoms with Crippen LogP contribution in [0.15, 0.2) is 39.9 Å². The SMILES string of the molecule is Cc1cscc1CNS(=O)(=O)c1cccc(C#N)c1. The summed E-state index contributed by atoms with van der Waals surface area (Å²) >= 11 is 1.54. The average molecular weight is 292 g/mol. The Bertz CT molecular complexity index is 727. The van der Waals surface area contributed by atoms with Crippen molar-refractivity contribution >= 4 is 21.4 Å². The Morgan fingerprint density at radius 3 is 2.79 bits per heavy atom. The van der Waals surface area contributed by atoms with Gasteiger partial charge in [0.1, 0.15) is 0 Å². The van der Waals surface area contributed by atoms with E-state index in [0.29, 0.717) is 5.56 Å². The van der Waals surface area contributed by atoms with Gasteiger partial charge in [-0.1, -0.05) is 6.07 Å². The number of hydrogen-bond acceptors (Lipinski definition) is 4. The molecule has 19 heavy (non-hydrogen) atoms. The summed E-state index contributed by atoms with van der Waals surface area (Å²) in [7, 11) is -3.58. The van der Waals surface area contributed by atoms with Gasteiger partial charge in [-0.2, -0.15) is 16.6 Å². The van der Waals surface area contributed by atoms with Crippen molar-refractivity contribution in [2.75, 3.05) is 0 Å². The van der Waals surface area contributed by atoms with Gasteiger partial charge in [-0.25, -0.2) is 13.1 Å². The number of thiophene rings is 1. The summed E-state index contributed by atoms with van der Waals surface area (Å²) in [6, 6.07) is 7.90. The maximum absolute atomic E-state index is 12.1. The molecule has 2 aromatic rings. The highest BCUT2D eigenvalue weighted by Gasteiger charge is 2.14. The van der Waals surface area contributed by atoms with E-state index in [4.69, 9.17) is 5.26 Å². The number of sulfonamides is 1. The predicted octanol–water partition coefficient (Wildman–Crippen LogP) is 2.41. The van der Waals surface area contributed by atoms with Gasteiger partial charge >= 0.3 is 0 Å². The number of aryl methyl sites for hydroxylation is 1. The van der Waals surface area contributed by atoms with E-state index < -0.39 is 10.0 Å². The number of benzene rings is 1. The summed E-state index contributed by atoms with van der Waals surface area (Å²) in [6.45, 7) is 2.20. The molecule has 1 aromatic carbocycles. The first kappa shape index (κ1) is 13.7. The number of nitriles is 1. The van der Waals surface area contributed by atoms with Gasteiger partial charge in [-0.15, -0.1) is 0 Å². The highest BCUT2D eigenvalue weighted by molar-refractivity contribution is 7.89. The van der Waals surface area contributed by atoms with Crippen molar-refractivity contribution in [2.45, 2.75) is 18.4 Å². The fourth-order valence-corrected chi connectivity index (χ4v) is 3.47. The van der Waals surface area contributed by atoms with Crippen LogP contribution < -0.4 is 4.72 Å². The van der Waals surface area contributed by atoms with Crippen LogP contribution in [0.4, 0.5) is 0 Å². The maximum atomic E-state index is 12.1. The monoisotopic (exact) mass is 292 g/mol. The van der Waals surface area contributed by atoms with Gasteiger partial charge in [0.15, 0.2) is 0 Å². The van der Waals surface area contributed by atoms with Crippen molar-refractivity contribution in [3.63, 3.8) is 0 Å². The molecule has 0 radical (unpaired) electrons. The van der Waals surface area contributed by atoms with E-state index in [1.807, 2.05) is 23.8 Å². The number of rotatable bonds is 4. The molecule has 0 spiro atoms. The third kappa shape index (κ3) is 3.20. The minimum Gasteiger partial charge on any atom is -0.207 e. The fourth-order valence-electron chi connectivity index (χ4n) is 1.56. The second-order valence-corrected chi connectivity index (χ2v) is 6.55. The van der Waals surface area contributed by atoms with Crippen LogP contribution in [0, 0.1) is 18.3 Å². The van der Waals surface area contributed by atoms with E-state index in [1.165, 1.54) is 12.1 Å². The van der Waals surface area contributed by atoms with Crippen LogP contribution in [0.2, 0.25) is 0 Å². The van der Waals surface area contributed by atoms with E-state index in [1.54, 1.807) is 23.5 Å². The van der Waals surface area contributed by atoms with Crippen LogP contribution in [-0.2, 0) is 16.6 Å². The number of nitrogens with zero attached hydrogens (tertiary/aromatic N) is 1. The van der Waals surface area contributed by atoms with Gasteiger partial charge in [0, 0.05) is 6.54 Å². The van der Waals surface area contributed by atoms with E-state index in [-0.39, 0.29) is 11.4 Å². The average Bonchev–Trinajstić information content (AvgIpc) is 2.82. The van der Waals surface area contributed by atoms with Crippen molar-refractivity contribution in [1.29, 1.82) is 5.26 Å². The maximum Gasteiger partial charge on any atom is 0.240 e. The Morgan fingerprint density at radius 1 is 1.37 bits per heavy atom. The van der Waals surface area contributed by atoms with Crippen LogP contribution in [-0.4, -0.2) is 8.42 Å². The highest BCUT2D eigenvalue weighted by atomic mass is 32.2. The normalized spacial score (nSPS) is 11.2. The summed E-state index contributed by atoms with van der Waals surface area (Å²) in [6.07, 6.45) is 0. The largest absolute Gasteiger partial charge is 0.240 e. The molecular formula is C13H12N2O2S2.